The van der Waals surface area contributed by atoms with Crippen LogP contribution in [0.4, 0.5) is 0 Å². The van der Waals surface area contributed by atoms with Crippen molar-refractivity contribution < 1.29 is 24.2 Å². The number of carbonyl (C=O) groups is 3. The van der Waals surface area contributed by atoms with E-state index >= 15 is 0 Å². The smallest absolute Gasteiger partial charge is 0.334 e. The fourth-order valence-corrected chi connectivity index (χ4v) is 8.18. The Balaban J connectivity index is 0.000000126. The molecule has 0 atom stereocenters. The maximum Gasteiger partial charge on any atom is 0.334 e. The normalized spacial score (nSPS) is 14.3. The number of ether oxygens (including phenoxy) is 1. The molecule has 0 spiro atoms. The molecule has 1 heterocycles. The van der Waals surface area contributed by atoms with Crippen molar-refractivity contribution in [1.29, 1.82) is 0 Å². The Morgan fingerprint density at radius 1 is 0.727 bits per heavy atom. The van der Waals surface area contributed by atoms with Gasteiger partial charge in [0.25, 0.3) is 0 Å². The van der Waals surface area contributed by atoms with Crippen LogP contribution in [0.5, 0.6) is 0 Å². The summed E-state index contributed by atoms with van der Waals surface area (Å²) in [7, 11) is 0. The molecule has 55 heavy (non-hydrogen) atoms. The molecule has 1 saturated carbocycles. The number of hydrogen-bond donors (Lipinski definition) is 1. The summed E-state index contributed by atoms with van der Waals surface area (Å²) < 4.78 is 11.4. The minimum Gasteiger partial charge on any atom is -0.463 e. The highest BCUT2D eigenvalue weighted by Gasteiger charge is 2.24. The molecular formula is C45H39Br4NO5. The fourth-order valence-electron chi connectivity index (χ4n) is 6.67. The highest BCUT2D eigenvalue weighted by Crippen LogP contribution is 2.34. The highest BCUT2D eigenvalue weighted by atomic mass is 79.9. The summed E-state index contributed by atoms with van der Waals surface area (Å²) in [5.74, 6) is 0.572. The van der Waals surface area contributed by atoms with Crippen molar-refractivity contribution in [3.8, 4) is 0 Å². The third-order valence-electron chi connectivity index (χ3n) is 9.59. The lowest BCUT2D eigenvalue weighted by molar-refractivity contribution is -0.138. The van der Waals surface area contributed by atoms with E-state index in [2.05, 4.69) is 98.6 Å². The number of halogens is 4. The van der Waals surface area contributed by atoms with Gasteiger partial charge in [-0.25, -0.2) is 4.79 Å². The molecule has 0 amide bonds. The molecule has 1 N–H and O–H groups in total. The van der Waals surface area contributed by atoms with Crippen LogP contribution in [0.1, 0.15) is 63.6 Å². The molecule has 1 fully saturated rings. The quantitative estimate of drug-likeness (QED) is 0.130. The SMILES string of the molecule is CCOC(=O)C1=Cc2cc(Br)ccc2C1.O=CC1=Cc2cc(Br)ccc2C1.O=Cc1cc2cc(Br)ccc2n1CC1CC1.OCC1=Cc2cc(Br)ccc2C1. The minimum atomic E-state index is -0.204. The summed E-state index contributed by atoms with van der Waals surface area (Å²) in [5.41, 5.74) is 11.9. The topological polar surface area (TPSA) is 85.6 Å². The number of aliphatic hydroxyl groups excluding tert-OH is 1. The van der Waals surface area contributed by atoms with Crippen molar-refractivity contribution in [2.45, 2.75) is 45.6 Å². The third kappa shape index (κ3) is 10.8. The van der Waals surface area contributed by atoms with E-state index in [1.54, 1.807) is 0 Å². The molecule has 4 aliphatic rings. The second kappa shape index (κ2) is 19.0. The Hall–Kier alpha value is -3.67. The third-order valence-corrected chi connectivity index (χ3v) is 11.6. The molecular weight excluding hydrogens is 954 g/mol. The molecule has 0 saturated heterocycles. The minimum absolute atomic E-state index is 0.173. The van der Waals surface area contributed by atoms with E-state index in [1.807, 2.05) is 73.7 Å². The molecule has 4 aromatic carbocycles. The first-order valence-electron chi connectivity index (χ1n) is 18.0. The molecule has 10 heteroatoms. The monoisotopic (exact) mass is 989 g/mol. The second-order valence-corrected chi connectivity index (χ2v) is 17.4. The van der Waals surface area contributed by atoms with E-state index in [0.717, 1.165) is 100 Å². The van der Waals surface area contributed by atoms with E-state index in [4.69, 9.17) is 9.84 Å². The number of carbonyl (C=O) groups excluding carboxylic acids is 3. The number of aromatic nitrogens is 1. The van der Waals surface area contributed by atoms with Gasteiger partial charge in [-0.05, 0) is 149 Å². The number of benzene rings is 4. The Bertz CT molecular complexity index is 2350. The zero-order valence-electron chi connectivity index (χ0n) is 30.2. The number of aliphatic hydroxyl groups is 1. The van der Waals surface area contributed by atoms with Crippen LogP contribution in [0.15, 0.2) is 113 Å². The van der Waals surface area contributed by atoms with Gasteiger partial charge in [0.1, 0.15) is 6.29 Å². The van der Waals surface area contributed by atoms with E-state index in [-0.39, 0.29) is 12.6 Å². The number of hydrogen-bond acceptors (Lipinski definition) is 5. The van der Waals surface area contributed by atoms with Gasteiger partial charge in [-0.15, -0.1) is 0 Å². The van der Waals surface area contributed by atoms with E-state index in [9.17, 15) is 14.4 Å². The number of aldehydes is 2. The van der Waals surface area contributed by atoms with Crippen LogP contribution >= 0.6 is 63.7 Å². The van der Waals surface area contributed by atoms with Crippen LogP contribution in [-0.4, -0.2) is 41.4 Å². The lowest BCUT2D eigenvalue weighted by atomic mass is 10.1. The van der Waals surface area contributed by atoms with Gasteiger partial charge in [-0.1, -0.05) is 88.0 Å². The van der Waals surface area contributed by atoms with Crippen molar-refractivity contribution >= 4 is 111 Å². The van der Waals surface area contributed by atoms with Gasteiger partial charge >= 0.3 is 5.97 Å². The average Bonchev–Trinajstić information content (AvgIpc) is 3.47. The number of fused-ring (bicyclic) bond motifs is 4. The van der Waals surface area contributed by atoms with Gasteiger partial charge in [-0.3, -0.25) is 9.59 Å². The number of nitrogens with zero attached hydrogens (tertiary/aromatic N) is 1. The Labute approximate surface area is 354 Å². The summed E-state index contributed by atoms with van der Waals surface area (Å²) in [6, 6.07) is 26.5. The van der Waals surface area contributed by atoms with Crippen LogP contribution in [0.25, 0.3) is 29.1 Å². The molecule has 0 radical (unpaired) electrons. The van der Waals surface area contributed by atoms with Crippen molar-refractivity contribution in [2.75, 3.05) is 13.2 Å². The summed E-state index contributed by atoms with van der Waals surface area (Å²) in [6.45, 7) is 3.40. The Kier molecular flexibility index (Phi) is 14.1. The summed E-state index contributed by atoms with van der Waals surface area (Å²) in [4.78, 5) is 33.0. The van der Waals surface area contributed by atoms with Crippen LogP contribution in [0.3, 0.4) is 0 Å². The zero-order valence-corrected chi connectivity index (χ0v) is 36.5. The molecule has 4 aliphatic carbocycles. The van der Waals surface area contributed by atoms with Crippen molar-refractivity contribution in [3.63, 3.8) is 0 Å². The predicted molar refractivity (Wildman–Crippen MR) is 235 cm³/mol. The van der Waals surface area contributed by atoms with Gasteiger partial charge in [0.15, 0.2) is 6.29 Å². The Morgan fingerprint density at radius 2 is 1.29 bits per heavy atom. The van der Waals surface area contributed by atoms with Gasteiger partial charge in [0.05, 0.1) is 18.9 Å². The Morgan fingerprint density at radius 3 is 1.87 bits per heavy atom. The number of allylic oxidation sites excluding steroid dienone is 1. The lowest BCUT2D eigenvalue weighted by Gasteiger charge is -2.06. The molecule has 282 valence electrons. The first-order valence-corrected chi connectivity index (χ1v) is 21.2. The van der Waals surface area contributed by atoms with Gasteiger partial charge < -0.3 is 14.4 Å². The van der Waals surface area contributed by atoms with Crippen LogP contribution in [-0.2, 0) is 40.1 Å². The van der Waals surface area contributed by atoms with Crippen molar-refractivity contribution in [1.82, 2.24) is 4.57 Å². The van der Waals surface area contributed by atoms with Crippen LogP contribution < -0.4 is 0 Å². The van der Waals surface area contributed by atoms with E-state index < -0.39 is 0 Å². The van der Waals surface area contributed by atoms with Crippen molar-refractivity contribution in [3.05, 3.63) is 153 Å². The number of esters is 1. The van der Waals surface area contributed by atoms with E-state index in [1.165, 1.54) is 35.1 Å². The van der Waals surface area contributed by atoms with E-state index in [0.29, 0.717) is 13.0 Å². The summed E-state index contributed by atoms with van der Waals surface area (Å²) >= 11 is 13.7. The summed E-state index contributed by atoms with van der Waals surface area (Å²) in [5, 5.41) is 10.1. The van der Waals surface area contributed by atoms with Crippen LogP contribution in [0, 0.1) is 5.92 Å². The fraction of sp³-hybridized carbons (Fsp3) is 0.222. The van der Waals surface area contributed by atoms with Crippen molar-refractivity contribution in [2.24, 2.45) is 5.92 Å². The highest BCUT2D eigenvalue weighted by molar-refractivity contribution is 9.11. The lowest BCUT2D eigenvalue weighted by Crippen LogP contribution is -2.07. The molecule has 0 unspecified atom stereocenters. The zero-order chi connectivity index (χ0) is 39.1. The molecule has 0 bridgehead atoms. The maximum absolute atomic E-state index is 11.5. The molecule has 5 aromatic rings. The first-order chi connectivity index (χ1) is 26.6. The molecule has 1 aromatic heterocycles. The number of rotatable bonds is 7. The van der Waals surface area contributed by atoms with Gasteiger partial charge in [0, 0.05) is 53.8 Å². The standard InChI is InChI=1S/C13H12BrNO.C12H11BrO2.C10H9BrO.C10H7BrO/c14-11-3-4-13-10(5-11)6-12(8-16)15(13)7-9-1-2-9;1-2-15-12(14)10-5-8-3-4-11(13)7-9(8)6-10;2*11-10-2-1-8-3-7(6-12)4-9(8)5-10/h3-6,8-9H,1-2,7H2;3-4,6-7H,2,5H2,1H3;1-2,4-5,12H,3,6H2;1-2,4-6H,3H2. The molecule has 6 nitrogen and oxygen atoms in total. The van der Waals surface area contributed by atoms with Gasteiger partial charge in [0.2, 0.25) is 0 Å². The first kappa shape index (κ1) is 41.0. The molecule has 0 aliphatic heterocycles. The second-order valence-electron chi connectivity index (χ2n) is 13.7. The molecule has 9 rings (SSSR count). The maximum atomic E-state index is 11.5. The van der Waals surface area contributed by atoms with Gasteiger partial charge in [-0.2, -0.15) is 0 Å². The summed E-state index contributed by atoms with van der Waals surface area (Å²) in [6.07, 6.45) is 12.7. The predicted octanol–water partition coefficient (Wildman–Crippen LogP) is 11.5. The largest absolute Gasteiger partial charge is 0.463 e. The van der Waals surface area contributed by atoms with Crippen LogP contribution in [0.2, 0.25) is 0 Å². The average molecular weight is 993 g/mol.